The number of hydrogen-bond acceptors (Lipinski definition) is 0. The molecule has 1 unspecified atom stereocenters. The topological polar surface area (TPSA) is 14.1 Å². The van der Waals surface area contributed by atoms with Crippen molar-refractivity contribution in [2.75, 3.05) is 6.54 Å². The van der Waals surface area contributed by atoms with Gasteiger partial charge in [0.05, 0.1) is 0 Å². The second kappa shape index (κ2) is 4.45. The Morgan fingerprint density at radius 1 is 1.08 bits per heavy atom. The first-order valence-corrected chi connectivity index (χ1v) is 6.03. The van der Waals surface area contributed by atoms with Crippen LogP contribution in [0.25, 0.3) is 0 Å². The lowest BCUT2D eigenvalue weighted by Gasteiger charge is -2.27. The number of nitrogens with zero attached hydrogens (tertiary/aromatic N) is 1. The third-order valence-electron chi connectivity index (χ3n) is 3.68. The van der Waals surface area contributed by atoms with Crippen LogP contribution >= 0.6 is 0 Å². The molecule has 2 aliphatic rings. The standard InChI is InChI=1S/C12H22N/c1-10(13-9-11-7-8-11)12-5-3-2-4-6-12/h10-12H,2-9H2,1H3. The van der Waals surface area contributed by atoms with E-state index in [1.165, 1.54) is 44.9 Å². The van der Waals surface area contributed by atoms with E-state index in [4.69, 9.17) is 5.32 Å². The van der Waals surface area contributed by atoms with Crippen molar-refractivity contribution in [2.45, 2.75) is 57.9 Å². The van der Waals surface area contributed by atoms with Crippen LogP contribution in [-0.4, -0.2) is 12.6 Å². The van der Waals surface area contributed by atoms with Gasteiger partial charge in [0, 0.05) is 12.6 Å². The predicted octanol–water partition coefficient (Wildman–Crippen LogP) is 2.97. The molecule has 0 amide bonds. The van der Waals surface area contributed by atoms with E-state index < -0.39 is 0 Å². The Balaban J connectivity index is 1.64. The van der Waals surface area contributed by atoms with E-state index >= 15 is 0 Å². The van der Waals surface area contributed by atoms with Crippen LogP contribution < -0.4 is 5.32 Å². The van der Waals surface area contributed by atoms with Crippen molar-refractivity contribution in [3.05, 3.63) is 0 Å². The van der Waals surface area contributed by atoms with E-state index in [1.54, 1.807) is 0 Å². The maximum atomic E-state index is 4.81. The van der Waals surface area contributed by atoms with Crippen LogP contribution in [0.5, 0.6) is 0 Å². The molecule has 2 saturated carbocycles. The fourth-order valence-electron chi connectivity index (χ4n) is 2.38. The van der Waals surface area contributed by atoms with Gasteiger partial charge in [-0.3, -0.25) is 0 Å². The summed E-state index contributed by atoms with van der Waals surface area (Å²) < 4.78 is 0. The summed E-state index contributed by atoms with van der Waals surface area (Å²) >= 11 is 0. The van der Waals surface area contributed by atoms with Crippen LogP contribution in [0, 0.1) is 11.8 Å². The zero-order valence-electron chi connectivity index (χ0n) is 8.84. The average molecular weight is 180 g/mol. The van der Waals surface area contributed by atoms with Crippen LogP contribution in [0.4, 0.5) is 0 Å². The highest BCUT2D eigenvalue weighted by atomic mass is 14.9. The van der Waals surface area contributed by atoms with Crippen molar-refractivity contribution in [3.63, 3.8) is 0 Å². The van der Waals surface area contributed by atoms with Gasteiger partial charge in [0.2, 0.25) is 0 Å². The minimum absolute atomic E-state index is 0.654. The van der Waals surface area contributed by atoms with Crippen molar-refractivity contribution in [3.8, 4) is 0 Å². The number of hydrogen-bond donors (Lipinski definition) is 0. The van der Waals surface area contributed by atoms with Crippen LogP contribution in [0.3, 0.4) is 0 Å². The molecule has 1 nitrogen and oxygen atoms in total. The molecule has 0 heterocycles. The average Bonchev–Trinajstić information content (AvgIpc) is 2.99. The molecule has 0 N–H and O–H groups in total. The Morgan fingerprint density at radius 2 is 1.77 bits per heavy atom. The van der Waals surface area contributed by atoms with Gasteiger partial charge in [-0.1, -0.05) is 19.3 Å². The number of rotatable bonds is 4. The molecule has 1 atom stereocenters. The van der Waals surface area contributed by atoms with Crippen LogP contribution in [-0.2, 0) is 0 Å². The van der Waals surface area contributed by atoms with Gasteiger partial charge in [-0.2, -0.15) is 0 Å². The van der Waals surface area contributed by atoms with E-state index in [2.05, 4.69) is 6.92 Å². The second-order valence-electron chi connectivity index (χ2n) is 4.95. The third kappa shape index (κ3) is 2.98. The maximum Gasteiger partial charge on any atom is 0.0246 e. The van der Waals surface area contributed by atoms with E-state index in [-0.39, 0.29) is 0 Å². The highest BCUT2D eigenvalue weighted by Crippen LogP contribution is 2.30. The Bertz CT molecular complexity index is 145. The Kier molecular flexibility index (Phi) is 3.26. The van der Waals surface area contributed by atoms with Gasteiger partial charge in [0.25, 0.3) is 0 Å². The van der Waals surface area contributed by atoms with Crippen LogP contribution in [0.15, 0.2) is 0 Å². The largest absolute Gasteiger partial charge is 0.238 e. The van der Waals surface area contributed by atoms with Crippen molar-refractivity contribution in [2.24, 2.45) is 11.8 Å². The molecule has 75 valence electrons. The molecule has 0 bridgehead atoms. The summed E-state index contributed by atoms with van der Waals surface area (Å²) in [6.07, 6.45) is 10.1. The first kappa shape index (κ1) is 9.51. The third-order valence-corrected chi connectivity index (χ3v) is 3.68. The summed E-state index contributed by atoms with van der Waals surface area (Å²) in [7, 11) is 0. The van der Waals surface area contributed by atoms with Gasteiger partial charge in [0.15, 0.2) is 0 Å². The minimum Gasteiger partial charge on any atom is -0.238 e. The quantitative estimate of drug-likeness (QED) is 0.631. The van der Waals surface area contributed by atoms with Gasteiger partial charge in [0.1, 0.15) is 0 Å². The second-order valence-corrected chi connectivity index (χ2v) is 4.95. The van der Waals surface area contributed by atoms with Crippen molar-refractivity contribution >= 4 is 0 Å². The zero-order valence-corrected chi connectivity index (χ0v) is 8.84. The van der Waals surface area contributed by atoms with Gasteiger partial charge in [-0.25, -0.2) is 5.32 Å². The van der Waals surface area contributed by atoms with Gasteiger partial charge in [-0.05, 0) is 44.4 Å². The van der Waals surface area contributed by atoms with E-state index in [0.717, 1.165) is 18.4 Å². The highest BCUT2D eigenvalue weighted by molar-refractivity contribution is 4.80. The Labute approximate surface area is 82.3 Å². The minimum atomic E-state index is 0.654. The van der Waals surface area contributed by atoms with Gasteiger partial charge in [-0.15, -0.1) is 0 Å². The van der Waals surface area contributed by atoms with Crippen LogP contribution in [0.1, 0.15) is 51.9 Å². The van der Waals surface area contributed by atoms with E-state index in [0.29, 0.717) is 6.04 Å². The summed E-state index contributed by atoms with van der Waals surface area (Å²) in [5, 5.41) is 4.81. The van der Waals surface area contributed by atoms with Crippen molar-refractivity contribution in [1.82, 2.24) is 5.32 Å². The highest BCUT2D eigenvalue weighted by Gasteiger charge is 2.25. The van der Waals surface area contributed by atoms with Gasteiger partial charge < -0.3 is 0 Å². The first-order valence-electron chi connectivity index (χ1n) is 6.03. The molecule has 0 aliphatic heterocycles. The monoisotopic (exact) mass is 180 g/mol. The lowest BCUT2D eigenvalue weighted by molar-refractivity contribution is 0.276. The Morgan fingerprint density at radius 3 is 2.38 bits per heavy atom. The molecule has 2 aliphatic carbocycles. The lowest BCUT2D eigenvalue weighted by Crippen LogP contribution is -2.30. The van der Waals surface area contributed by atoms with Gasteiger partial charge >= 0.3 is 0 Å². The maximum absolute atomic E-state index is 4.81. The normalized spacial score (nSPS) is 27.5. The molecule has 0 aromatic rings. The Hall–Kier alpha value is -0.0400. The molecular formula is C12H22N. The van der Waals surface area contributed by atoms with Crippen LogP contribution in [0.2, 0.25) is 0 Å². The molecule has 0 aromatic heterocycles. The lowest BCUT2D eigenvalue weighted by atomic mass is 9.84. The molecule has 1 heteroatoms. The molecule has 13 heavy (non-hydrogen) atoms. The summed E-state index contributed by atoms with van der Waals surface area (Å²) in [5.41, 5.74) is 0. The summed E-state index contributed by atoms with van der Waals surface area (Å²) in [6.45, 7) is 3.50. The molecule has 0 aromatic carbocycles. The molecule has 0 saturated heterocycles. The smallest absolute Gasteiger partial charge is 0.0246 e. The summed E-state index contributed by atoms with van der Waals surface area (Å²) in [5.74, 6) is 1.90. The van der Waals surface area contributed by atoms with Crippen molar-refractivity contribution < 1.29 is 0 Å². The fourth-order valence-corrected chi connectivity index (χ4v) is 2.38. The first-order chi connectivity index (χ1) is 6.36. The molecular weight excluding hydrogens is 158 g/mol. The summed E-state index contributed by atoms with van der Waals surface area (Å²) in [6, 6.07) is 0.654. The predicted molar refractivity (Wildman–Crippen MR) is 55.8 cm³/mol. The zero-order chi connectivity index (χ0) is 9.10. The molecule has 1 radical (unpaired) electrons. The molecule has 2 rings (SSSR count). The summed E-state index contributed by atoms with van der Waals surface area (Å²) in [4.78, 5) is 0. The fraction of sp³-hybridized carbons (Fsp3) is 1.00. The molecule has 0 spiro atoms. The molecule has 2 fully saturated rings. The van der Waals surface area contributed by atoms with E-state index in [1.807, 2.05) is 0 Å². The van der Waals surface area contributed by atoms with Crippen molar-refractivity contribution in [1.29, 1.82) is 0 Å². The van der Waals surface area contributed by atoms with E-state index in [9.17, 15) is 0 Å². The SMILES string of the molecule is CC([N]CC1CC1)C1CCCCC1.